The normalized spacial score (nSPS) is 17.9. The summed E-state index contributed by atoms with van der Waals surface area (Å²) in [5.74, 6) is -0.466. The quantitative estimate of drug-likeness (QED) is 0.584. The fourth-order valence-electron chi connectivity index (χ4n) is 3.57. The van der Waals surface area contributed by atoms with E-state index in [0.29, 0.717) is 23.9 Å². The second-order valence-corrected chi connectivity index (χ2v) is 8.61. The summed E-state index contributed by atoms with van der Waals surface area (Å²) in [6, 6.07) is 11.9. The van der Waals surface area contributed by atoms with E-state index in [1.54, 1.807) is 18.3 Å². The third-order valence-corrected chi connectivity index (χ3v) is 6.81. The van der Waals surface area contributed by atoms with Crippen molar-refractivity contribution in [1.82, 2.24) is 8.87 Å². The summed E-state index contributed by atoms with van der Waals surface area (Å²) < 4.78 is 82.4. The minimum absolute atomic E-state index is 0.0717. The van der Waals surface area contributed by atoms with Crippen LogP contribution in [-0.4, -0.2) is 23.8 Å². The average Bonchev–Trinajstić information content (AvgIpc) is 3.16. The highest BCUT2D eigenvalue weighted by Gasteiger charge is 2.39. The summed E-state index contributed by atoms with van der Waals surface area (Å²) in [4.78, 5) is -0.431. The molecule has 0 spiro atoms. The highest BCUT2D eigenvalue weighted by Crippen LogP contribution is 2.38. The molecule has 4 rings (SSSR count). The van der Waals surface area contributed by atoms with Gasteiger partial charge in [-0.3, -0.25) is 0 Å². The van der Waals surface area contributed by atoms with E-state index in [2.05, 4.69) is 0 Å². The molecular weight excluding hydrogens is 408 g/mol. The van der Waals surface area contributed by atoms with Crippen molar-refractivity contribution in [2.75, 3.05) is 6.54 Å². The van der Waals surface area contributed by atoms with Crippen LogP contribution in [0.4, 0.5) is 17.6 Å². The minimum Gasteiger partial charge on any atom is -0.348 e. The van der Waals surface area contributed by atoms with Crippen molar-refractivity contribution >= 4 is 10.0 Å². The van der Waals surface area contributed by atoms with Crippen LogP contribution in [0.25, 0.3) is 0 Å². The van der Waals surface area contributed by atoms with Gasteiger partial charge in [-0.15, -0.1) is 0 Å². The lowest BCUT2D eigenvalue weighted by atomic mass is 10.0. The van der Waals surface area contributed by atoms with E-state index in [-0.39, 0.29) is 6.54 Å². The first-order valence-corrected chi connectivity index (χ1v) is 10.2. The van der Waals surface area contributed by atoms with E-state index >= 15 is 0 Å². The molecular formula is C20H16F4N2O2S. The molecule has 1 aromatic heterocycles. The van der Waals surface area contributed by atoms with Gasteiger partial charge in [-0.25, -0.2) is 12.8 Å². The highest BCUT2D eigenvalue weighted by molar-refractivity contribution is 7.89. The second-order valence-electron chi connectivity index (χ2n) is 6.72. The van der Waals surface area contributed by atoms with Gasteiger partial charge < -0.3 is 4.57 Å². The molecule has 1 aliphatic rings. The number of nitrogens with zero attached hydrogens (tertiary/aromatic N) is 2. The molecule has 9 heteroatoms. The van der Waals surface area contributed by atoms with E-state index in [0.717, 1.165) is 18.2 Å². The van der Waals surface area contributed by atoms with Crippen LogP contribution in [0, 0.1) is 5.82 Å². The molecule has 0 radical (unpaired) electrons. The van der Waals surface area contributed by atoms with Crippen LogP contribution in [0.3, 0.4) is 0 Å². The molecule has 0 bridgehead atoms. The summed E-state index contributed by atoms with van der Waals surface area (Å²) in [5.41, 5.74) is 0.164. The lowest BCUT2D eigenvalue weighted by molar-refractivity contribution is -0.137. The molecule has 2 aromatic carbocycles. The largest absolute Gasteiger partial charge is 0.416 e. The van der Waals surface area contributed by atoms with Crippen molar-refractivity contribution < 1.29 is 26.0 Å². The van der Waals surface area contributed by atoms with Gasteiger partial charge in [0.1, 0.15) is 5.82 Å². The molecule has 1 aliphatic heterocycles. The van der Waals surface area contributed by atoms with Crippen LogP contribution in [-0.2, 0) is 22.7 Å². The fourth-order valence-corrected chi connectivity index (χ4v) is 5.20. The Hall–Kier alpha value is -2.65. The zero-order chi connectivity index (χ0) is 20.8. The maximum absolute atomic E-state index is 13.4. The molecule has 0 N–H and O–H groups in total. The number of halogens is 4. The Labute approximate surface area is 165 Å². The van der Waals surface area contributed by atoms with Crippen LogP contribution in [0.2, 0.25) is 0 Å². The third kappa shape index (κ3) is 3.56. The van der Waals surface area contributed by atoms with Gasteiger partial charge in [0.2, 0.25) is 10.0 Å². The molecule has 0 unspecified atom stereocenters. The van der Waals surface area contributed by atoms with Gasteiger partial charge in [0.05, 0.1) is 16.5 Å². The SMILES string of the molecule is O=S(=O)(c1cccc(C(F)(F)F)c1)N1CCn2cccc2[C@H]1c1ccc(F)cc1. The third-order valence-electron chi connectivity index (χ3n) is 4.95. The number of alkyl halides is 3. The van der Waals surface area contributed by atoms with Gasteiger partial charge in [0.15, 0.2) is 0 Å². The van der Waals surface area contributed by atoms with Crippen LogP contribution < -0.4 is 0 Å². The molecule has 0 saturated heterocycles. The predicted molar refractivity (Wildman–Crippen MR) is 98.0 cm³/mol. The van der Waals surface area contributed by atoms with Crippen LogP contribution in [0.1, 0.15) is 22.9 Å². The van der Waals surface area contributed by atoms with Gasteiger partial charge >= 0.3 is 6.18 Å². The standard InChI is InChI=1S/C20H16F4N2O2S/c21-16-8-6-14(7-9-16)19-18-5-2-10-25(18)11-12-26(19)29(27,28)17-4-1-3-15(13-17)20(22,23)24/h1-10,13,19H,11-12H2/t19-/m1/s1. The van der Waals surface area contributed by atoms with Crippen molar-refractivity contribution in [1.29, 1.82) is 0 Å². The van der Waals surface area contributed by atoms with E-state index in [4.69, 9.17) is 0 Å². The van der Waals surface area contributed by atoms with Crippen LogP contribution >= 0.6 is 0 Å². The topological polar surface area (TPSA) is 42.3 Å². The number of aromatic nitrogens is 1. The van der Waals surface area contributed by atoms with Crippen LogP contribution in [0.15, 0.2) is 71.8 Å². The first-order valence-electron chi connectivity index (χ1n) is 8.77. The molecule has 0 amide bonds. The average molecular weight is 424 g/mol. The Kier molecular flexibility index (Phi) is 4.74. The summed E-state index contributed by atoms with van der Waals surface area (Å²) in [6.45, 7) is 0.431. The van der Waals surface area contributed by atoms with Crippen molar-refractivity contribution in [3.8, 4) is 0 Å². The Morgan fingerprint density at radius 2 is 1.66 bits per heavy atom. The Bertz CT molecular complexity index is 1140. The first kappa shape index (κ1) is 19.7. The Balaban J connectivity index is 1.83. The number of hydrogen-bond donors (Lipinski definition) is 0. The maximum Gasteiger partial charge on any atom is 0.416 e. The Morgan fingerprint density at radius 3 is 2.34 bits per heavy atom. The molecule has 2 heterocycles. The first-order chi connectivity index (χ1) is 13.7. The lowest BCUT2D eigenvalue weighted by Crippen LogP contribution is -2.42. The van der Waals surface area contributed by atoms with Gasteiger partial charge in [-0.05, 0) is 48.0 Å². The highest BCUT2D eigenvalue weighted by atomic mass is 32.2. The molecule has 29 heavy (non-hydrogen) atoms. The van der Waals surface area contributed by atoms with Crippen molar-refractivity contribution in [3.05, 3.63) is 89.5 Å². The van der Waals surface area contributed by atoms with E-state index in [9.17, 15) is 26.0 Å². The lowest BCUT2D eigenvalue weighted by Gasteiger charge is -2.36. The molecule has 0 fully saturated rings. The Morgan fingerprint density at radius 1 is 0.931 bits per heavy atom. The monoisotopic (exact) mass is 424 g/mol. The minimum atomic E-state index is -4.65. The predicted octanol–water partition coefficient (Wildman–Crippen LogP) is 4.44. The summed E-state index contributed by atoms with van der Waals surface area (Å²) in [6.07, 6.45) is -2.85. The molecule has 152 valence electrons. The second kappa shape index (κ2) is 7.00. The smallest absolute Gasteiger partial charge is 0.348 e. The number of sulfonamides is 1. The zero-order valence-corrected chi connectivity index (χ0v) is 15.8. The molecule has 0 aliphatic carbocycles. The molecule has 1 atom stereocenters. The van der Waals surface area contributed by atoms with Gasteiger partial charge in [-0.2, -0.15) is 17.5 Å². The number of rotatable bonds is 3. The van der Waals surface area contributed by atoms with Crippen molar-refractivity contribution in [2.24, 2.45) is 0 Å². The number of fused-ring (bicyclic) bond motifs is 1. The van der Waals surface area contributed by atoms with E-state index in [1.165, 1.54) is 28.6 Å². The molecule has 3 aromatic rings. The van der Waals surface area contributed by atoms with E-state index in [1.807, 2.05) is 4.57 Å². The van der Waals surface area contributed by atoms with Gasteiger partial charge in [0, 0.05) is 25.0 Å². The molecule has 0 saturated carbocycles. The van der Waals surface area contributed by atoms with Gasteiger partial charge in [0.25, 0.3) is 0 Å². The summed E-state index contributed by atoms with van der Waals surface area (Å²) in [7, 11) is -4.25. The zero-order valence-electron chi connectivity index (χ0n) is 15.0. The fraction of sp³-hybridized carbons (Fsp3) is 0.200. The maximum atomic E-state index is 13.4. The number of hydrogen-bond acceptors (Lipinski definition) is 2. The van der Waals surface area contributed by atoms with Crippen molar-refractivity contribution in [2.45, 2.75) is 23.7 Å². The van der Waals surface area contributed by atoms with Gasteiger partial charge in [-0.1, -0.05) is 18.2 Å². The van der Waals surface area contributed by atoms with Crippen molar-refractivity contribution in [3.63, 3.8) is 0 Å². The summed E-state index contributed by atoms with van der Waals surface area (Å²) >= 11 is 0. The molecule has 4 nitrogen and oxygen atoms in total. The van der Waals surface area contributed by atoms with E-state index < -0.39 is 38.5 Å². The number of benzene rings is 2. The summed E-state index contributed by atoms with van der Waals surface area (Å²) in [5, 5.41) is 0. The van der Waals surface area contributed by atoms with Crippen LogP contribution in [0.5, 0.6) is 0 Å².